The molecule has 2 aromatic heterocycles. The summed E-state index contributed by atoms with van der Waals surface area (Å²) in [5, 5.41) is 20.5. The predicted molar refractivity (Wildman–Crippen MR) is 84.5 cm³/mol. The Labute approximate surface area is 142 Å². The summed E-state index contributed by atoms with van der Waals surface area (Å²) in [7, 11) is 0. The largest absolute Gasteiger partial charge is 0.462 e. The van der Waals surface area contributed by atoms with E-state index in [1.165, 1.54) is 17.2 Å². The van der Waals surface area contributed by atoms with Gasteiger partial charge in [0, 0.05) is 0 Å². The number of ether oxygens (including phenoxy) is 2. The van der Waals surface area contributed by atoms with Crippen molar-refractivity contribution in [1.29, 1.82) is 0 Å². The average Bonchev–Trinajstić information content (AvgIpc) is 3.08. The van der Waals surface area contributed by atoms with Gasteiger partial charge in [0.05, 0.1) is 18.1 Å². The number of nitrogens with zero attached hydrogens (tertiary/aromatic N) is 3. The zero-order valence-electron chi connectivity index (χ0n) is 14.0. The van der Waals surface area contributed by atoms with Gasteiger partial charge in [-0.1, -0.05) is 0 Å². The summed E-state index contributed by atoms with van der Waals surface area (Å²) in [5.74, 6) is -0.442. The summed E-state index contributed by atoms with van der Waals surface area (Å²) >= 11 is 0. The van der Waals surface area contributed by atoms with Crippen molar-refractivity contribution in [2.24, 2.45) is 5.41 Å². The first-order chi connectivity index (χ1) is 11.7. The Hall–Kier alpha value is -2.30. The number of aliphatic hydroxyl groups is 2. The quantitative estimate of drug-likeness (QED) is 0.618. The van der Waals surface area contributed by atoms with Gasteiger partial charge in [0.2, 0.25) is 0 Å². The van der Waals surface area contributed by atoms with Crippen LogP contribution in [0.15, 0.2) is 17.4 Å². The van der Waals surface area contributed by atoms with Gasteiger partial charge in [-0.3, -0.25) is 14.2 Å². The van der Waals surface area contributed by atoms with Crippen molar-refractivity contribution in [3.05, 3.63) is 23.0 Å². The van der Waals surface area contributed by atoms with Crippen LogP contribution in [0.25, 0.3) is 11.2 Å². The zero-order chi connectivity index (χ0) is 18.4. The van der Waals surface area contributed by atoms with Gasteiger partial charge in [-0.05, 0) is 20.8 Å². The second-order valence-corrected chi connectivity index (χ2v) is 6.95. The number of carbonyl (C=O) groups excluding carboxylic acids is 1. The van der Waals surface area contributed by atoms with Crippen molar-refractivity contribution in [3.63, 3.8) is 0 Å². The summed E-state index contributed by atoms with van der Waals surface area (Å²) in [6.07, 6.45) is -1.97. The molecule has 0 spiro atoms. The standard InChI is InChI=1S/C15H20N4O6/c1-15(2,3)14(23)24-4-7-9(20)10(21)13(25-7)19-6-18-8-11(19)16-5-17-12(8)22/h5-7,9-10,13,20-21H,4H2,1-3H3,(H,16,17,22)/t7-,9-,10+,13-/m0/s1. The lowest BCUT2D eigenvalue weighted by molar-refractivity contribution is -0.159. The highest BCUT2D eigenvalue weighted by atomic mass is 16.6. The summed E-state index contributed by atoms with van der Waals surface area (Å²) < 4.78 is 12.2. The summed E-state index contributed by atoms with van der Waals surface area (Å²) in [4.78, 5) is 33.9. The number of H-pyrrole nitrogens is 1. The molecule has 1 aliphatic heterocycles. The summed E-state index contributed by atoms with van der Waals surface area (Å²) in [6.45, 7) is 4.92. The molecule has 136 valence electrons. The van der Waals surface area contributed by atoms with Crippen molar-refractivity contribution in [1.82, 2.24) is 19.5 Å². The highest BCUT2D eigenvalue weighted by Crippen LogP contribution is 2.31. The van der Waals surface area contributed by atoms with Crippen LogP contribution in [0.2, 0.25) is 0 Å². The smallest absolute Gasteiger partial charge is 0.311 e. The molecule has 4 atom stereocenters. The van der Waals surface area contributed by atoms with Crippen molar-refractivity contribution in [2.75, 3.05) is 6.61 Å². The Morgan fingerprint density at radius 3 is 2.76 bits per heavy atom. The lowest BCUT2D eigenvalue weighted by Crippen LogP contribution is -2.35. The van der Waals surface area contributed by atoms with Crippen LogP contribution in [0.5, 0.6) is 0 Å². The molecule has 3 rings (SSSR count). The van der Waals surface area contributed by atoms with E-state index in [1.807, 2.05) is 0 Å². The molecular weight excluding hydrogens is 332 g/mol. The minimum absolute atomic E-state index is 0.0930. The molecule has 3 N–H and O–H groups in total. The van der Waals surface area contributed by atoms with Gasteiger partial charge in [-0.15, -0.1) is 0 Å². The first-order valence-electron chi connectivity index (χ1n) is 7.79. The molecule has 10 nitrogen and oxygen atoms in total. The van der Waals surface area contributed by atoms with E-state index in [1.54, 1.807) is 20.8 Å². The van der Waals surface area contributed by atoms with Crippen LogP contribution in [-0.2, 0) is 14.3 Å². The Kier molecular flexibility index (Phi) is 4.35. The maximum Gasteiger partial charge on any atom is 0.311 e. The lowest BCUT2D eigenvalue weighted by atomic mass is 9.97. The number of esters is 1. The second-order valence-electron chi connectivity index (χ2n) is 6.95. The van der Waals surface area contributed by atoms with E-state index in [-0.39, 0.29) is 17.8 Å². The number of aromatic nitrogens is 4. The number of aromatic amines is 1. The van der Waals surface area contributed by atoms with E-state index in [2.05, 4.69) is 15.0 Å². The number of hydrogen-bond acceptors (Lipinski definition) is 8. The van der Waals surface area contributed by atoms with Gasteiger partial charge in [-0.25, -0.2) is 9.97 Å². The predicted octanol–water partition coefficient (Wildman–Crippen LogP) is -0.672. The molecule has 0 aromatic carbocycles. The number of aliphatic hydroxyl groups excluding tert-OH is 2. The number of carbonyl (C=O) groups is 1. The molecule has 1 aliphatic rings. The molecule has 0 radical (unpaired) electrons. The van der Waals surface area contributed by atoms with Crippen molar-refractivity contribution >= 4 is 17.1 Å². The van der Waals surface area contributed by atoms with E-state index in [0.29, 0.717) is 0 Å². The fourth-order valence-electron chi connectivity index (χ4n) is 2.52. The maximum absolute atomic E-state index is 11.8. The number of fused-ring (bicyclic) bond motifs is 1. The molecule has 0 aliphatic carbocycles. The monoisotopic (exact) mass is 352 g/mol. The van der Waals surface area contributed by atoms with E-state index in [4.69, 9.17) is 9.47 Å². The van der Waals surface area contributed by atoms with E-state index in [9.17, 15) is 19.8 Å². The van der Waals surface area contributed by atoms with Crippen molar-refractivity contribution in [2.45, 2.75) is 45.3 Å². The number of nitrogens with one attached hydrogen (secondary N) is 1. The molecule has 1 saturated heterocycles. The number of hydrogen-bond donors (Lipinski definition) is 3. The molecule has 10 heteroatoms. The van der Waals surface area contributed by atoms with Crippen LogP contribution >= 0.6 is 0 Å². The topological polar surface area (TPSA) is 140 Å². The second kappa shape index (κ2) is 6.21. The van der Waals surface area contributed by atoms with Crippen LogP contribution in [0, 0.1) is 5.41 Å². The van der Waals surface area contributed by atoms with Crippen LogP contribution in [0.1, 0.15) is 27.0 Å². The fourth-order valence-corrected chi connectivity index (χ4v) is 2.52. The minimum Gasteiger partial charge on any atom is -0.462 e. The van der Waals surface area contributed by atoms with E-state index in [0.717, 1.165) is 0 Å². The maximum atomic E-state index is 11.8. The lowest BCUT2D eigenvalue weighted by Gasteiger charge is -2.20. The van der Waals surface area contributed by atoms with Gasteiger partial charge in [0.1, 0.15) is 24.9 Å². The third kappa shape index (κ3) is 3.15. The van der Waals surface area contributed by atoms with Crippen molar-refractivity contribution < 1.29 is 24.5 Å². The third-order valence-corrected chi connectivity index (χ3v) is 3.97. The number of imidazole rings is 1. The highest BCUT2D eigenvalue weighted by Gasteiger charge is 2.45. The molecule has 25 heavy (non-hydrogen) atoms. The fraction of sp³-hybridized carbons (Fsp3) is 0.600. The van der Waals surface area contributed by atoms with Gasteiger partial charge < -0.3 is 24.7 Å². The summed E-state index contributed by atoms with van der Waals surface area (Å²) in [6, 6.07) is 0. The van der Waals surface area contributed by atoms with E-state index < -0.39 is 41.5 Å². The van der Waals surface area contributed by atoms with Crippen molar-refractivity contribution in [3.8, 4) is 0 Å². The van der Waals surface area contributed by atoms with Crippen LogP contribution in [0.4, 0.5) is 0 Å². The highest BCUT2D eigenvalue weighted by molar-refractivity contribution is 5.75. The van der Waals surface area contributed by atoms with Crippen LogP contribution in [0.3, 0.4) is 0 Å². The molecule has 1 fully saturated rings. The van der Waals surface area contributed by atoms with Gasteiger partial charge in [0.15, 0.2) is 17.4 Å². The Morgan fingerprint density at radius 1 is 1.36 bits per heavy atom. The van der Waals surface area contributed by atoms with E-state index >= 15 is 0 Å². The molecular formula is C15H20N4O6. The SMILES string of the molecule is CC(C)(C)C(=O)OC[C@@H]1O[C@H](n2cnc3c(=O)[nH]cnc32)[C@H](O)[C@H]1O. The molecule has 2 aromatic rings. The Bertz CT molecular complexity index is 838. The molecule has 3 heterocycles. The summed E-state index contributed by atoms with van der Waals surface area (Å²) in [5.41, 5.74) is -0.803. The Balaban J connectivity index is 1.79. The van der Waals surface area contributed by atoms with Crippen LogP contribution in [-0.4, -0.2) is 60.6 Å². The molecule has 0 saturated carbocycles. The normalized spacial score (nSPS) is 26.9. The number of rotatable bonds is 3. The first-order valence-corrected chi connectivity index (χ1v) is 7.79. The Morgan fingerprint density at radius 2 is 2.08 bits per heavy atom. The zero-order valence-corrected chi connectivity index (χ0v) is 14.0. The minimum atomic E-state index is -1.29. The van der Waals surface area contributed by atoms with Gasteiger partial charge in [0.25, 0.3) is 5.56 Å². The molecule has 0 unspecified atom stereocenters. The molecule has 0 bridgehead atoms. The molecule has 0 amide bonds. The van der Waals surface area contributed by atoms with Crippen LogP contribution < -0.4 is 5.56 Å². The average molecular weight is 352 g/mol. The van der Waals surface area contributed by atoms with Gasteiger partial charge in [-0.2, -0.15) is 0 Å². The first kappa shape index (κ1) is 17.5. The third-order valence-electron chi connectivity index (χ3n) is 3.97. The van der Waals surface area contributed by atoms with Gasteiger partial charge >= 0.3 is 5.97 Å².